The van der Waals surface area contributed by atoms with Crippen LogP contribution in [-0.4, -0.2) is 9.90 Å². The van der Waals surface area contributed by atoms with Crippen molar-refractivity contribution in [2.24, 2.45) is 0 Å². The fourth-order valence-electron chi connectivity index (χ4n) is 3.03. The smallest absolute Gasteiger partial charge is 0.386 e. The molecule has 0 radical (unpaired) electrons. The first-order valence-corrected chi connectivity index (χ1v) is 7.16. The van der Waals surface area contributed by atoms with Gasteiger partial charge in [-0.3, -0.25) is 4.79 Å². The van der Waals surface area contributed by atoms with Gasteiger partial charge in [-0.2, -0.15) is 13.2 Å². The first-order valence-electron chi connectivity index (χ1n) is 7.16. The van der Waals surface area contributed by atoms with Gasteiger partial charge in [-0.25, -0.2) is 0 Å². The molecule has 0 aliphatic heterocycles. The second-order valence-electron chi connectivity index (χ2n) is 6.38. The molecule has 0 spiro atoms. The summed E-state index contributed by atoms with van der Waals surface area (Å²) in [7, 11) is 0. The Morgan fingerprint density at radius 3 is 2.22 bits per heavy atom. The molecule has 120 valence electrons. The molecule has 0 saturated carbocycles. The summed E-state index contributed by atoms with van der Waals surface area (Å²) in [6.07, 6.45) is -4.64. The quantitative estimate of drug-likeness (QED) is 0.677. The van der Waals surface area contributed by atoms with Crippen LogP contribution in [0.3, 0.4) is 0 Å². The van der Waals surface area contributed by atoms with E-state index in [2.05, 4.69) is 0 Å². The second kappa shape index (κ2) is 4.68. The molecule has 0 aromatic heterocycles. The third kappa shape index (κ3) is 2.45. The van der Waals surface area contributed by atoms with Gasteiger partial charge in [-0.15, -0.1) is 0 Å². The van der Waals surface area contributed by atoms with Gasteiger partial charge in [0, 0.05) is 5.39 Å². The lowest BCUT2D eigenvalue weighted by molar-refractivity contribution is -0.138. The Hall–Kier alpha value is -2.14. The standard InChI is InChI=1S/C18H15F3O2/c1-9-6-13-15-10(7-14(22)16(13)18(19,20)21)4-5-11(8-12(9)15)17(2,3)23/h4-8,23H,1-3H3/p+1. The largest absolute Gasteiger partial charge is 0.426 e. The van der Waals surface area contributed by atoms with Crippen LogP contribution in [0, 0.1) is 6.92 Å². The van der Waals surface area contributed by atoms with Crippen molar-refractivity contribution in [3.63, 3.8) is 0 Å². The molecule has 3 aromatic rings. The van der Waals surface area contributed by atoms with Crippen molar-refractivity contribution in [3.05, 3.63) is 52.5 Å². The van der Waals surface area contributed by atoms with E-state index in [1.807, 2.05) is 0 Å². The first kappa shape index (κ1) is 15.7. The zero-order chi connectivity index (χ0) is 17.2. The molecule has 0 heterocycles. The molecule has 0 aliphatic rings. The van der Waals surface area contributed by atoms with E-state index >= 15 is 0 Å². The molecular formula is C18H16F3O2+. The van der Waals surface area contributed by atoms with E-state index in [-0.39, 0.29) is 5.39 Å². The van der Waals surface area contributed by atoms with Gasteiger partial charge in [0.15, 0.2) is 5.56 Å². The van der Waals surface area contributed by atoms with Crippen LogP contribution < -0.4 is 5.43 Å². The van der Waals surface area contributed by atoms with Gasteiger partial charge in [0.25, 0.3) is 0 Å². The van der Waals surface area contributed by atoms with Gasteiger partial charge in [-0.05, 0) is 60.2 Å². The molecule has 3 aromatic carbocycles. The number of aliphatic hydroxyl groups is 1. The van der Waals surface area contributed by atoms with Crippen LogP contribution >= 0.6 is 0 Å². The number of aryl methyl sites for hydroxylation is 1. The van der Waals surface area contributed by atoms with Crippen LogP contribution in [0.15, 0.2) is 30.3 Å². The predicted molar refractivity (Wildman–Crippen MR) is 82.7 cm³/mol. The molecule has 0 atom stereocenters. The van der Waals surface area contributed by atoms with E-state index < -0.39 is 22.8 Å². The lowest BCUT2D eigenvalue weighted by Gasteiger charge is -2.16. The lowest BCUT2D eigenvalue weighted by atomic mass is 9.99. The van der Waals surface area contributed by atoms with Crippen LogP contribution in [-0.2, 0) is 11.8 Å². The molecule has 0 aliphatic carbocycles. The minimum Gasteiger partial charge on any atom is -0.386 e. The molecule has 23 heavy (non-hydrogen) atoms. The number of hydrogen-bond acceptors (Lipinski definition) is 1. The Labute approximate surface area is 130 Å². The summed E-state index contributed by atoms with van der Waals surface area (Å²) in [5, 5.41) is 11.8. The van der Waals surface area contributed by atoms with Gasteiger partial charge in [0.2, 0.25) is 0 Å². The molecule has 0 bridgehead atoms. The van der Waals surface area contributed by atoms with E-state index in [9.17, 15) is 23.1 Å². The normalized spacial score (nSPS) is 13.2. The molecular weight excluding hydrogens is 305 g/mol. The van der Waals surface area contributed by atoms with Gasteiger partial charge in [-0.1, -0.05) is 12.1 Å². The lowest BCUT2D eigenvalue weighted by Crippen LogP contribution is -2.19. The van der Waals surface area contributed by atoms with Gasteiger partial charge < -0.3 is 5.11 Å². The van der Waals surface area contributed by atoms with Gasteiger partial charge >= 0.3 is 11.6 Å². The number of alkyl halides is 3. The predicted octanol–water partition coefficient (Wildman–Crippen LogP) is 3.99. The van der Waals surface area contributed by atoms with Crippen LogP contribution in [0.25, 0.3) is 21.5 Å². The highest BCUT2D eigenvalue weighted by molar-refractivity contribution is 6.14. The Bertz CT molecular complexity index is 966. The molecule has 2 N–H and O–H groups in total. The molecule has 5 heteroatoms. The fraction of sp³-hybridized carbons (Fsp3) is 0.278. The minimum atomic E-state index is -4.64. The summed E-state index contributed by atoms with van der Waals surface area (Å²) in [5.41, 5.74) is -1.66. The SMILES string of the molecule is Cc1cc2c(C(F)(F)F)c(=[OH+])cc3ccc(C(C)(C)O)cc1c32. The maximum Gasteiger partial charge on any atom is 0.426 e. The third-order valence-corrected chi connectivity index (χ3v) is 4.16. The van der Waals surface area contributed by atoms with Gasteiger partial charge in [0.1, 0.15) is 0 Å². The topological polar surface area (TPSA) is 41.6 Å². The van der Waals surface area contributed by atoms with Crippen molar-refractivity contribution in [3.8, 4) is 0 Å². The van der Waals surface area contributed by atoms with Crippen molar-refractivity contribution in [1.29, 1.82) is 0 Å². The first-order chi connectivity index (χ1) is 10.5. The van der Waals surface area contributed by atoms with E-state index in [0.717, 1.165) is 6.07 Å². The fourth-order valence-corrected chi connectivity index (χ4v) is 3.03. The van der Waals surface area contributed by atoms with Crippen LogP contribution in [0.1, 0.15) is 30.5 Å². The zero-order valence-corrected chi connectivity index (χ0v) is 12.9. The van der Waals surface area contributed by atoms with Crippen LogP contribution in [0.2, 0.25) is 0 Å². The number of hydrogen-bond donors (Lipinski definition) is 1. The monoisotopic (exact) mass is 321 g/mol. The molecule has 2 nitrogen and oxygen atoms in total. The van der Waals surface area contributed by atoms with Crippen molar-refractivity contribution < 1.29 is 23.1 Å². The van der Waals surface area contributed by atoms with E-state index in [4.69, 9.17) is 0 Å². The maximum atomic E-state index is 13.3. The Balaban J connectivity index is 2.58. The summed E-state index contributed by atoms with van der Waals surface area (Å²) >= 11 is 0. The summed E-state index contributed by atoms with van der Waals surface area (Å²) in [5.74, 6) is 0. The molecule has 3 rings (SSSR count). The highest BCUT2D eigenvalue weighted by Crippen LogP contribution is 2.39. The number of benzene rings is 1. The summed E-state index contributed by atoms with van der Waals surface area (Å²) in [6.45, 7) is 4.96. The van der Waals surface area contributed by atoms with E-state index in [1.54, 1.807) is 39.0 Å². The summed E-state index contributed by atoms with van der Waals surface area (Å²) in [4.78, 5) is 9.88. The molecule has 0 unspecified atom stereocenters. The van der Waals surface area contributed by atoms with Crippen molar-refractivity contribution in [2.45, 2.75) is 32.5 Å². The summed E-state index contributed by atoms with van der Waals surface area (Å²) in [6, 6.07) is 7.57. The van der Waals surface area contributed by atoms with E-state index in [1.165, 1.54) is 6.07 Å². The average Bonchev–Trinajstić information content (AvgIpc) is 2.56. The Morgan fingerprint density at radius 2 is 1.65 bits per heavy atom. The second-order valence-corrected chi connectivity index (χ2v) is 6.38. The average molecular weight is 321 g/mol. The number of halogens is 3. The van der Waals surface area contributed by atoms with E-state index in [0.29, 0.717) is 27.3 Å². The molecule has 0 amide bonds. The van der Waals surface area contributed by atoms with Crippen molar-refractivity contribution >= 4 is 21.5 Å². The van der Waals surface area contributed by atoms with Crippen LogP contribution in [0.4, 0.5) is 13.2 Å². The van der Waals surface area contributed by atoms with Gasteiger partial charge in [0.05, 0.1) is 11.7 Å². The van der Waals surface area contributed by atoms with Crippen molar-refractivity contribution in [1.82, 2.24) is 0 Å². The molecule has 0 fully saturated rings. The minimum absolute atomic E-state index is 0.0158. The van der Waals surface area contributed by atoms with Crippen molar-refractivity contribution in [2.75, 3.05) is 0 Å². The van der Waals surface area contributed by atoms with Crippen LogP contribution in [0.5, 0.6) is 0 Å². The summed E-state index contributed by atoms with van der Waals surface area (Å²) < 4.78 is 39.9. The Kier molecular flexibility index (Phi) is 3.20. The maximum absolute atomic E-state index is 13.3. The Morgan fingerprint density at radius 1 is 1.00 bits per heavy atom. The highest BCUT2D eigenvalue weighted by Gasteiger charge is 2.39. The number of rotatable bonds is 1. The highest BCUT2D eigenvalue weighted by atomic mass is 19.4. The molecule has 0 saturated heterocycles. The third-order valence-electron chi connectivity index (χ3n) is 4.16. The zero-order valence-electron chi connectivity index (χ0n) is 12.9.